The third-order valence-corrected chi connectivity index (χ3v) is 5.32. The van der Waals surface area contributed by atoms with Gasteiger partial charge in [-0.25, -0.2) is 18.2 Å². The van der Waals surface area contributed by atoms with Crippen LogP contribution in [0.5, 0.6) is 0 Å². The van der Waals surface area contributed by atoms with Crippen LogP contribution in [0.2, 0.25) is 0 Å². The predicted molar refractivity (Wildman–Crippen MR) is 106 cm³/mol. The maximum atomic E-state index is 12.5. The maximum Gasteiger partial charge on any atom is 0.340 e. The third-order valence-electron chi connectivity index (χ3n) is 4.17. The van der Waals surface area contributed by atoms with E-state index in [1.165, 1.54) is 31.2 Å². The molecule has 3 aromatic rings. The van der Waals surface area contributed by atoms with Crippen molar-refractivity contribution in [3.05, 3.63) is 65.7 Å². The number of aromatic amines is 1. The van der Waals surface area contributed by atoms with Crippen LogP contribution in [0.1, 0.15) is 23.1 Å². The molecule has 2 N–H and O–H groups in total. The SMILES string of the molecule is C[C@@H](OC(=O)c1ccccc1S(C)(=O)=O)/C(O)=C(\C#N)c1nc2ccccc2[nH]1. The Kier molecular flexibility index (Phi) is 5.39. The van der Waals surface area contributed by atoms with Crippen molar-refractivity contribution in [3.63, 3.8) is 0 Å². The zero-order valence-corrected chi connectivity index (χ0v) is 16.4. The number of aliphatic hydroxyl groups excluding tert-OH is 1. The first kappa shape index (κ1) is 20.1. The molecule has 0 saturated heterocycles. The fourth-order valence-electron chi connectivity index (χ4n) is 2.74. The number of benzene rings is 2. The van der Waals surface area contributed by atoms with Crippen LogP contribution in [-0.2, 0) is 14.6 Å². The highest BCUT2D eigenvalue weighted by Crippen LogP contribution is 2.23. The summed E-state index contributed by atoms with van der Waals surface area (Å²) in [4.78, 5) is 19.5. The summed E-state index contributed by atoms with van der Waals surface area (Å²) in [5.41, 5.74) is 0.944. The number of hydrogen-bond acceptors (Lipinski definition) is 7. The Morgan fingerprint density at radius 2 is 1.86 bits per heavy atom. The maximum absolute atomic E-state index is 12.5. The summed E-state index contributed by atoms with van der Waals surface area (Å²) in [5.74, 6) is -1.31. The summed E-state index contributed by atoms with van der Waals surface area (Å²) in [5, 5.41) is 20.0. The topological polar surface area (TPSA) is 133 Å². The molecular weight excluding hydrogens is 394 g/mol. The highest BCUT2D eigenvalue weighted by molar-refractivity contribution is 7.90. The first-order valence-electron chi connectivity index (χ1n) is 8.50. The number of rotatable bonds is 5. The smallest absolute Gasteiger partial charge is 0.340 e. The molecule has 0 aliphatic carbocycles. The third kappa shape index (κ3) is 4.12. The molecule has 0 fully saturated rings. The molecule has 0 radical (unpaired) electrons. The van der Waals surface area contributed by atoms with Crippen molar-refractivity contribution in [3.8, 4) is 6.07 Å². The number of H-pyrrole nitrogens is 1. The van der Waals surface area contributed by atoms with Crippen LogP contribution in [0.15, 0.2) is 59.2 Å². The van der Waals surface area contributed by atoms with Crippen molar-refractivity contribution in [2.24, 2.45) is 0 Å². The van der Waals surface area contributed by atoms with E-state index in [2.05, 4.69) is 9.97 Å². The molecule has 1 atom stereocenters. The minimum Gasteiger partial charge on any atom is -0.507 e. The fraction of sp³-hybridized carbons (Fsp3) is 0.150. The van der Waals surface area contributed by atoms with Gasteiger partial charge in [0.2, 0.25) is 0 Å². The number of hydrogen-bond donors (Lipinski definition) is 2. The number of nitrogens with zero attached hydrogens (tertiary/aromatic N) is 2. The van der Waals surface area contributed by atoms with E-state index in [0.29, 0.717) is 11.0 Å². The summed E-state index contributed by atoms with van der Waals surface area (Å²) in [6, 6.07) is 14.5. The van der Waals surface area contributed by atoms with Gasteiger partial charge < -0.3 is 14.8 Å². The second kappa shape index (κ2) is 7.77. The van der Waals surface area contributed by atoms with E-state index in [9.17, 15) is 23.6 Å². The van der Waals surface area contributed by atoms with Crippen molar-refractivity contribution in [1.82, 2.24) is 9.97 Å². The molecule has 0 spiro atoms. The molecule has 0 saturated carbocycles. The number of aromatic nitrogens is 2. The number of ether oxygens (including phenoxy) is 1. The lowest BCUT2D eigenvalue weighted by Gasteiger charge is -2.15. The van der Waals surface area contributed by atoms with E-state index >= 15 is 0 Å². The van der Waals surface area contributed by atoms with Gasteiger partial charge in [-0.3, -0.25) is 0 Å². The van der Waals surface area contributed by atoms with E-state index in [1.807, 2.05) is 6.07 Å². The van der Waals surface area contributed by atoms with Crippen molar-refractivity contribution in [2.75, 3.05) is 6.26 Å². The average molecular weight is 411 g/mol. The Morgan fingerprint density at radius 3 is 2.52 bits per heavy atom. The molecule has 29 heavy (non-hydrogen) atoms. The average Bonchev–Trinajstić information content (AvgIpc) is 3.11. The molecule has 9 heteroatoms. The largest absolute Gasteiger partial charge is 0.507 e. The van der Waals surface area contributed by atoms with Crippen molar-refractivity contribution in [1.29, 1.82) is 5.26 Å². The number of nitriles is 1. The molecule has 0 bridgehead atoms. The Balaban J connectivity index is 1.92. The Hall–Kier alpha value is -3.64. The van der Waals surface area contributed by atoms with Gasteiger partial charge in [-0.05, 0) is 31.2 Å². The number of allylic oxidation sites excluding steroid dienone is 1. The normalized spacial score (nSPS) is 13.4. The minimum atomic E-state index is -3.66. The minimum absolute atomic E-state index is 0.130. The summed E-state index contributed by atoms with van der Waals surface area (Å²) in [6.07, 6.45) is -0.229. The van der Waals surface area contributed by atoms with E-state index in [-0.39, 0.29) is 21.9 Å². The molecule has 1 heterocycles. The molecule has 148 valence electrons. The number of carbonyl (C=O) groups excluding carboxylic acids is 1. The van der Waals surface area contributed by atoms with Crippen molar-refractivity contribution < 1.29 is 23.1 Å². The molecule has 0 aliphatic rings. The molecule has 3 rings (SSSR count). The van der Waals surface area contributed by atoms with Gasteiger partial charge in [-0.15, -0.1) is 0 Å². The summed E-state index contributed by atoms with van der Waals surface area (Å²) in [7, 11) is -3.66. The summed E-state index contributed by atoms with van der Waals surface area (Å²) < 4.78 is 29.0. The number of sulfone groups is 1. The molecule has 0 unspecified atom stereocenters. The van der Waals surface area contributed by atoms with Crippen LogP contribution in [-0.4, -0.2) is 41.8 Å². The van der Waals surface area contributed by atoms with Gasteiger partial charge in [0.1, 0.15) is 11.6 Å². The van der Waals surface area contributed by atoms with Gasteiger partial charge in [0.05, 0.1) is 21.5 Å². The van der Waals surface area contributed by atoms with Crippen LogP contribution >= 0.6 is 0 Å². The number of carbonyl (C=O) groups is 1. The van der Waals surface area contributed by atoms with Crippen LogP contribution in [0.25, 0.3) is 16.6 Å². The summed E-state index contributed by atoms with van der Waals surface area (Å²) in [6.45, 7) is 1.37. The van der Waals surface area contributed by atoms with Gasteiger partial charge in [-0.1, -0.05) is 24.3 Å². The lowest BCUT2D eigenvalue weighted by Crippen LogP contribution is -2.20. The summed E-state index contributed by atoms with van der Waals surface area (Å²) >= 11 is 0. The zero-order valence-electron chi connectivity index (χ0n) is 15.6. The van der Waals surface area contributed by atoms with Crippen molar-refractivity contribution in [2.45, 2.75) is 17.9 Å². The van der Waals surface area contributed by atoms with Crippen LogP contribution in [0.3, 0.4) is 0 Å². The number of esters is 1. The number of nitrogens with one attached hydrogen (secondary N) is 1. The quantitative estimate of drug-likeness (QED) is 0.374. The second-order valence-electron chi connectivity index (χ2n) is 6.29. The van der Waals surface area contributed by atoms with Crippen LogP contribution < -0.4 is 0 Å². The molecule has 0 aliphatic heterocycles. The van der Waals surface area contributed by atoms with E-state index in [0.717, 1.165) is 6.26 Å². The van der Waals surface area contributed by atoms with Gasteiger partial charge in [0.15, 0.2) is 27.5 Å². The Morgan fingerprint density at radius 1 is 1.21 bits per heavy atom. The highest BCUT2D eigenvalue weighted by Gasteiger charge is 2.25. The molecular formula is C20H17N3O5S. The molecule has 2 aromatic carbocycles. The standard InChI is InChI=1S/C20H17N3O5S/c1-12(28-20(25)13-7-3-6-10-17(13)29(2,26)27)18(24)14(11-21)19-22-15-8-4-5-9-16(15)23-19/h3-10,12,24H,1-2H3,(H,22,23)/b18-14-/t12-/m1/s1. The second-order valence-corrected chi connectivity index (χ2v) is 8.27. The lowest BCUT2D eigenvalue weighted by molar-refractivity contribution is 0.0329. The van der Waals surface area contributed by atoms with Crippen LogP contribution in [0.4, 0.5) is 0 Å². The first-order chi connectivity index (χ1) is 13.7. The number of fused-ring (bicyclic) bond motifs is 1. The van der Waals surface area contributed by atoms with Gasteiger partial charge in [0.25, 0.3) is 0 Å². The Bertz CT molecular complexity index is 1240. The highest BCUT2D eigenvalue weighted by atomic mass is 32.2. The fourth-order valence-corrected chi connectivity index (χ4v) is 3.62. The zero-order chi connectivity index (χ0) is 21.2. The number of imidazole rings is 1. The van der Waals surface area contributed by atoms with Gasteiger partial charge in [0, 0.05) is 6.26 Å². The predicted octanol–water partition coefficient (Wildman–Crippen LogP) is 3.00. The number of aliphatic hydroxyl groups is 1. The molecule has 1 aromatic heterocycles. The number of para-hydroxylation sites is 2. The molecule has 0 amide bonds. The van der Waals surface area contributed by atoms with E-state index in [1.54, 1.807) is 24.3 Å². The van der Waals surface area contributed by atoms with Gasteiger partial charge in [-0.2, -0.15) is 5.26 Å². The first-order valence-corrected chi connectivity index (χ1v) is 10.4. The van der Waals surface area contributed by atoms with Gasteiger partial charge >= 0.3 is 5.97 Å². The lowest BCUT2D eigenvalue weighted by atomic mass is 10.1. The Labute approximate surface area is 167 Å². The van der Waals surface area contributed by atoms with E-state index in [4.69, 9.17) is 4.74 Å². The molecule has 8 nitrogen and oxygen atoms in total. The van der Waals surface area contributed by atoms with E-state index < -0.39 is 27.7 Å². The monoisotopic (exact) mass is 411 g/mol. The van der Waals surface area contributed by atoms with Crippen molar-refractivity contribution >= 4 is 32.4 Å². The van der Waals surface area contributed by atoms with Crippen LogP contribution in [0, 0.1) is 11.3 Å².